The van der Waals surface area contributed by atoms with Crippen LogP contribution in [0.25, 0.3) is 0 Å². The van der Waals surface area contributed by atoms with E-state index in [9.17, 15) is 4.79 Å². The highest BCUT2D eigenvalue weighted by molar-refractivity contribution is 5.77. The lowest BCUT2D eigenvalue weighted by molar-refractivity contribution is -0.121. The standard InChI is InChI=1S/C14H23N3O2/c1-3-17(11-14(18)16-2)9-4-10-19-13-7-5-12(15)6-8-13/h5-8H,3-4,9-11,15H2,1-2H3,(H,16,18). The zero-order valence-electron chi connectivity index (χ0n) is 11.7. The molecule has 0 aliphatic carbocycles. The van der Waals surface area contributed by atoms with Crippen LogP contribution >= 0.6 is 0 Å². The maximum atomic E-state index is 11.3. The van der Waals surface area contributed by atoms with Gasteiger partial charge in [0.2, 0.25) is 5.91 Å². The van der Waals surface area contributed by atoms with E-state index < -0.39 is 0 Å². The van der Waals surface area contributed by atoms with Gasteiger partial charge in [0, 0.05) is 19.3 Å². The Morgan fingerprint density at radius 3 is 2.63 bits per heavy atom. The van der Waals surface area contributed by atoms with Crippen molar-refractivity contribution in [3.8, 4) is 5.75 Å². The summed E-state index contributed by atoms with van der Waals surface area (Å²) in [5, 5.41) is 2.63. The third-order valence-electron chi connectivity index (χ3n) is 2.86. The lowest BCUT2D eigenvalue weighted by atomic mass is 10.3. The second-order valence-corrected chi connectivity index (χ2v) is 4.31. The molecule has 106 valence electrons. The Morgan fingerprint density at radius 1 is 1.37 bits per heavy atom. The van der Waals surface area contributed by atoms with Gasteiger partial charge < -0.3 is 15.8 Å². The fraction of sp³-hybridized carbons (Fsp3) is 0.500. The second-order valence-electron chi connectivity index (χ2n) is 4.31. The molecule has 1 aromatic rings. The number of carbonyl (C=O) groups excluding carboxylic acids is 1. The number of amides is 1. The molecule has 1 rings (SSSR count). The minimum Gasteiger partial charge on any atom is -0.494 e. The number of carbonyl (C=O) groups is 1. The number of hydrogen-bond donors (Lipinski definition) is 2. The van der Waals surface area contributed by atoms with E-state index in [-0.39, 0.29) is 5.91 Å². The van der Waals surface area contributed by atoms with Crippen molar-refractivity contribution in [1.82, 2.24) is 10.2 Å². The number of hydrogen-bond acceptors (Lipinski definition) is 4. The number of benzene rings is 1. The van der Waals surface area contributed by atoms with Crippen LogP contribution in [-0.4, -0.2) is 44.1 Å². The predicted molar refractivity (Wildman–Crippen MR) is 77.1 cm³/mol. The van der Waals surface area contributed by atoms with Gasteiger partial charge in [-0.15, -0.1) is 0 Å². The Labute approximate surface area is 114 Å². The van der Waals surface area contributed by atoms with Gasteiger partial charge in [-0.1, -0.05) is 6.92 Å². The summed E-state index contributed by atoms with van der Waals surface area (Å²) in [7, 11) is 1.65. The predicted octanol–water partition coefficient (Wildman–Crippen LogP) is 1.11. The SMILES string of the molecule is CCN(CCCOc1ccc(N)cc1)CC(=O)NC. The number of nitrogens with one attached hydrogen (secondary N) is 1. The van der Waals surface area contributed by atoms with Gasteiger partial charge in [0.1, 0.15) is 5.75 Å². The lowest BCUT2D eigenvalue weighted by Gasteiger charge is -2.19. The molecule has 0 spiro atoms. The van der Waals surface area contributed by atoms with Crippen LogP contribution in [0.4, 0.5) is 5.69 Å². The first-order chi connectivity index (χ1) is 9.15. The normalized spacial score (nSPS) is 10.5. The Morgan fingerprint density at radius 2 is 2.05 bits per heavy atom. The third-order valence-corrected chi connectivity index (χ3v) is 2.86. The van der Waals surface area contributed by atoms with Gasteiger partial charge in [0.15, 0.2) is 0 Å². The van der Waals surface area contributed by atoms with E-state index in [0.29, 0.717) is 13.2 Å². The average Bonchev–Trinajstić information content (AvgIpc) is 2.43. The van der Waals surface area contributed by atoms with Gasteiger partial charge in [-0.3, -0.25) is 9.69 Å². The van der Waals surface area contributed by atoms with Crippen LogP contribution in [0.2, 0.25) is 0 Å². The van der Waals surface area contributed by atoms with Crippen molar-refractivity contribution >= 4 is 11.6 Å². The average molecular weight is 265 g/mol. The maximum absolute atomic E-state index is 11.3. The van der Waals surface area contributed by atoms with Crippen LogP contribution in [0, 0.1) is 0 Å². The molecule has 5 nitrogen and oxygen atoms in total. The molecule has 0 bridgehead atoms. The summed E-state index contributed by atoms with van der Waals surface area (Å²) in [6.45, 7) is 4.82. The first-order valence-electron chi connectivity index (χ1n) is 6.57. The minimum absolute atomic E-state index is 0.0429. The molecule has 1 amide bonds. The molecule has 19 heavy (non-hydrogen) atoms. The molecular formula is C14H23N3O2. The van der Waals surface area contributed by atoms with Crippen molar-refractivity contribution < 1.29 is 9.53 Å². The topological polar surface area (TPSA) is 67.6 Å². The van der Waals surface area contributed by atoms with Gasteiger partial charge >= 0.3 is 0 Å². The summed E-state index contributed by atoms with van der Waals surface area (Å²) in [5.74, 6) is 0.866. The largest absolute Gasteiger partial charge is 0.494 e. The number of ether oxygens (including phenoxy) is 1. The van der Waals surface area contributed by atoms with E-state index in [2.05, 4.69) is 10.2 Å². The summed E-state index contributed by atoms with van der Waals surface area (Å²) in [6, 6.07) is 7.35. The summed E-state index contributed by atoms with van der Waals surface area (Å²) in [5.41, 5.74) is 6.33. The van der Waals surface area contributed by atoms with Crippen molar-refractivity contribution in [3.63, 3.8) is 0 Å². The number of anilines is 1. The first-order valence-corrected chi connectivity index (χ1v) is 6.57. The molecule has 0 aliphatic rings. The van der Waals surface area contributed by atoms with Crippen molar-refractivity contribution in [2.75, 3.05) is 39.0 Å². The quantitative estimate of drug-likeness (QED) is 0.546. The zero-order chi connectivity index (χ0) is 14.1. The van der Waals surface area contributed by atoms with E-state index in [1.165, 1.54) is 0 Å². The summed E-state index contributed by atoms with van der Waals surface area (Å²) >= 11 is 0. The van der Waals surface area contributed by atoms with E-state index in [0.717, 1.165) is 30.9 Å². The van der Waals surface area contributed by atoms with E-state index in [1.54, 1.807) is 7.05 Å². The molecule has 0 radical (unpaired) electrons. The van der Waals surface area contributed by atoms with Gasteiger partial charge in [-0.2, -0.15) is 0 Å². The summed E-state index contributed by atoms with van der Waals surface area (Å²) in [4.78, 5) is 13.4. The Bertz CT molecular complexity index is 379. The van der Waals surface area contributed by atoms with Crippen LogP contribution in [0.3, 0.4) is 0 Å². The molecule has 5 heteroatoms. The molecule has 1 aromatic carbocycles. The lowest BCUT2D eigenvalue weighted by Crippen LogP contribution is -2.36. The maximum Gasteiger partial charge on any atom is 0.233 e. The minimum atomic E-state index is 0.0429. The van der Waals surface area contributed by atoms with Gasteiger partial charge in [-0.25, -0.2) is 0 Å². The molecule has 0 atom stereocenters. The molecule has 0 aromatic heterocycles. The smallest absolute Gasteiger partial charge is 0.233 e. The van der Waals surface area contributed by atoms with E-state index in [4.69, 9.17) is 10.5 Å². The third kappa shape index (κ3) is 6.10. The summed E-state index contributed by atoms with van der Waals surface area (Å²) < 4.78 is 5.60. The molecule has 0 saturated carbocycles. The molecule has 0 unspecified atom stereocenters. The number of rotatable bonds is 8. The Balaban J connectivity index is 2.21. The van der Waals surface area contributed by atoms with Crippen LogP contribution in [0.15, 0.2) is 24.3 Å². The second kappa shape index (κ2) is 8.37. The summed E-state index contributed by atoms with van der Waals surface area (Å²) in [6.07, 6.45) is 0.884. The zero-order valence-corrected chi connectivity index (χ0v) is 11.7. The number of nitrogens with two attached hydrogens (primary N) is 1. The number of nitrogens with zero attached hydrogens (tertiary/aromatic N) is 1. The molecule has 0 fully saturated rings. The molecule has 3 N–H and O–H groups in total. The first kappa shape index (κ1) is 15.3. The molecular weight excluding hydrogens is 242 g/mol. The van der Waals surface area contributed by atoms with E-state index in [1.807, 2.05) is 31.2 Å². The van der Waals surface area contributed by atoms with Gasteiger partial charge in [0.05, 0.1) is 13.2 Å². The van der Waals surface area contributed by atoms with Crippen molar-refractivity contribution in [1.29, 1.82) is 0 Å². The van der Waals surface area contributed by atoms with Crippen LogP contribution in [0.5, 0.6) is 5.75 Å². The monoisotopic (exact) mass is 265 g/mol. The fourth-order valence-corrected chi connectivity index (χ4v) is 1.67. The van der Waals surface area contributed by atoms with Crippen molar-refractivity contribution in [2.24, 2.45) is 0 Å². The molecule has 0 saturated heterocycles. The Kier molecular flexibility index (Phi) is 6.74. The number of nitrogen functional groups attached to an aromatic ring is 1. The van der Waals surface area contributed by atoms with Gasteiger partial charge in [0.25, 0.3) is 0 Å². The highest BCUT2D eigenvalue weighted by atomic mass is 16.5. The molecule has 0 heterocycles. The van der Waals surface area contributed by atoms with Gasteiger partial charge in [-0.05, 0) is 37.2 Å². The van der Waals surface area contributed by atoms with Crippen LogP contribution in [-0.2, 0) is 4.79 Å². The fourth-order valence-electron chi connectivity index (χ4n) is 1.67. The van der Waals surface area contributed by atoms with E-state index >= 15 is 0 Å². The van der Waals surface area contributed by atoms with Crippen LogP contribution < -0.4 is 15.8 Å². The number of likely N-dealkylation sites (N-methyl/N-ethyl adjacent to an activating group) is 2. The highest BCUT2D eigenvalue weighted by Gasteiger charge is 2.06. The van der Waals surface area contributed by atoms with Crippen LogP contribution in [0.1, 0.15) is 13.3 Å². The molecule has 0 aliphatic heterocycles. The van der Waals surface area contributed by atoms with Crippen molar-refractivity contribution in [3.05, 3.63) is 24.3 Å². The Hall–Kier alpha value is -1.75. The van der Waals surface area contributed by atoms with Crippen molar-refractivity contribution in [2.45, 2.75) is 13.3 Å². The highest BCUT2D eigenvalue weighted by Crippen LogP contribution is 2.13.